The second-order valence-electron chi connectivity index (χ2n) is 4.27. The van der Waals surface area contributed by atoms with Crippen molar-refractivity contribution in [3.63, 3.8) is 0 Å². The molecule has 0 atom stereocenters. The fraction of sp³-hybridized carbons (Fsp3) is 0.286. The van der Waals surface area contributed by atoms with E-state index in [1.165, 1.54) is 35.3 Å². The van der Waals surface area contributed by atoms with Gasteiger partial charge < -0.3 is 0 Å². The molecule has 0 aliphatic heterocycles. The molecule has 1 heterocycles. The molecular weight excluding hydrogens is 200 g/mol. The first-order valence-electron chi connectivity index (χ1n) is 5.51. The maximum Gasteiger partial charge on any atom is 0.0371 e. The van der Waals surface area contributed by atoms with Gasteiger partial charge in [-0.2, -0.15) is 0 Å². The van der Waals surface area contributed by atoms with Gasteiger partial charge in [-0.25, -0.2) is 0 Å². The Morgan fingerprint density at radius 2 is 1.93 bits per heavy atom. The molecule has 0 saturated heterocycles. The van der Waals surface area contributed by atoms with Gasteiger partial charge in [0.05, 0.1) is 0 Å². The van der Waals surface area contributed by atoms with Gasteiger partial charge in [-0.1, -0.05) is 18.2 Å². The molecule has 3 rings (SSSR count). The van der Waals surface area contributed by atoms with E-state index in [1.807, 2.05) is 11.3 Å². The summed E-state index contributed by atoms with van der Waals surface area (Å²) in [7, 11) is 0. The Bertz CT molecular complexity index is 494. The molecule has 2 aromatic rings. The lowest BCUT2D eigenvalue weighted by Gasteiger charge is -2.04. The number of aryl methyl sites for hydroxylation is 3. The predicted octanol–water partition coefficient (Wildman–Crippen LogP) is 4.21. The molecular formula is C14H14S. The number of rotatable bonds is 1. The van der Waals surface area contributed by atoms with E-state index in [0.29, 0.717) is 0 Å². The van der Waals surface area contributed by atoms with Crippen LogP contribution in [0, 0.1) is 6.92 Å². The van der Waals surface area contributed by atoms with Gasteiger partial charge in [-0.05, 0) is 59.9 Å². The summed E-state index contributed by atoms with van der Waals surface area (Å²) in [6.45, 7) is 2.19. The molecule has 15 heavy (non-hydrogen) atoms. The number of hydrogen-bond acceptors (Lipinski definition) is 1. The highest BCUT2D eigenvalue weighted by molar-refractivity contribution is 7.13. The highest BCUT2D eigenvalue weighted by atomic mass is 32.1. The van der Waals surface area contributed by atoms with Gasteiger partial charge >= 0.3 is 0 Å². The van der Waals surface area contributed by atoms with E-state index in [-0.39, 0.29) is 0 Å². The van der Waals surface area contributed by atoms with Crippen LogP contribution in [0.1, 0.15) is 23.1 Å². The zero-order valence-electron chi connectivity index (χ0n) is 8.92. The van der Waals surface area contributed by atoms with Crippen LogP contribution in [0.25, 0.3) is 10.4 Å². The molecule has 1 aromatic heterocycles. The van der Waals surface area contributed by atoms with Gasteiger partial charge in [0.15, 0.2) is 0 Å². The van der Waals surface area contributed by atoms with E-state index in [2.05, 4.69) is 36.6 Å². The Morgan fingerprint density at radius 3 is 2.73 bits per heavy atom. The van der Waals surface area contributed by atoms with Crippen molar-refractivity contribution >= 4 is 11.3 Å². The van der Waals surface area contributed by atoms with E-state index in [1.54, 1.807) is 11.1 Å². The first-order valence-corrected chi connectivity index (χ1v) is 6.39. The summed E-state index contributed by atoms with van der Waals surface area (Å²) < 4.78 is 0. The van der Waals surface area contributed by atoms with Gasteiger partial charge in [-0.15, -0.1) is 11.3 Å². The molecule has 0 saturated carbocycles. The molecule has 0 unspecified atom stereocenters. The highest BCUT2D eigenvalue weighted by Gasteiger charge is 2.12. The van der Waals surface area contributed by atoms with Gasteiger partial charge in [-0.3, -0.25) is 0 Å². The molecule has 0 nitrogen and oxygen atoms in total. The zero-order chi connectivity index (χ0) is 10.3. The van der Waals surface area contributed by atoms with Crippen molar-refractivity contribution in [2.24, 2.45) is 0 Å². The van der Waals surface area contributed by atoms with Crippen molar-refractivity contribution < 1.29 is 0 Å². The van der Waals surface area contributed by atoms with Crippen molar-refractivity contribution in [3.05, 3.63) is 46.3 Å². The molecule has 0 fully saturated rings. The Labute approximate surface area is 94.6 Å². The van der Waals surface area contributed by atoms with Crippen molar-refractivity contribution in [2.45, 2.75) is 26.2 Å². The molecule has 0 spiro atoms. The summed E-state index contributed by atoms with van der Waals surface area (Å²) in [4.78, 5) is 1.43. The van der Waals surface area contributed by atoms with Crippen molar-refractivity contribution in [3.8, 4) is 10.4 Å². The molecule has 1 aliphatic carbocycles. The largest absolute Gasteiger partial charge is 0.144 e. The third-order valence-electron chi connectivity index (χ3n) is 3.22. The highest BCUT2D eigenvalue weighted by Crippen LogP contribution is 2.32. The van der Waals surface area contributed by atoms with E-state index >= 15 is 0 Å². The van der Waals surface area contributed by atoms with Crippen LogP contribution in [0.3, 0.4) is 0 Å². The minimum atomic E-state index is 1.27. The van der Waals surface area contributed by atoms with Crippen LogP contribution in [-0.2, 0) is 12.8 Å². The van der Waals surface area contributed by atoms with Gasteiger partial charge in [0, 0.05) is 4.88 Å². The minimum absolute atomic E-state index is 1.27. The summed E-state index contributed by atoms with van der Waals surface area (Å²) >= 11 is 1.85. The number of hydrogen-bond donors (Lipinski definition) is 0. The first-order chi connectivity index (χ1) is 7.34. The number of thiophene rings is 1. The first kappa shape index (κ1) is 9.17. The maximum absolute atomic E-state index is 2.39. The SMILES string of the molecule is Cc1ccsc1-c1ccc2c(c1)CCC2. The molecule has 1 aromatic carbocycles. The Morgan fingerprint density at radius 1 is 1.07 bits per heavy atom. The average molecular weight is 214 g/mol. The Kier molecular flexibility index (Phi) is 2.14. The van der Waals surface area contributed by atoms with E-state index in [4.69, 9.17) is 0 Å². The van der Waals surface area contributed by atoms with E-state index < -0.39 is 0 Å². The summed E-state index contributed by atoms with van der Waals surface area (Å²) in [5, 5.41) is 2.18. The minimum Gasteiger partial charge on any atom is -0.144 e. The predicted molar refractivity (Wildman–Crippen MR) is 66.5 cm³/mol. The van der Waals surface area contributed by atoms with Crippen LogP contribution < -0.4 is 0 Å². The van der Waals surface area contributed by atoms with Gasteiger partial charge in [0.1, 0.15) is 0 Å². The van der Waals surface area contributed by atoms with Gasteiger partial charge in [0.25, 0.3) is 0 Å². The molecule has 0 N–H and O–H groups in total. The van der Waals surface area contributed by atoms with E-state index in [0.717, 1.165) is 0 Å². The van der Waals surface area contributed by atoms with Crippen molar-refractivity contribution in [1.29, 1.82) is 0 Å². The van der Waals surface area contributed by atoms with Crippen LogP contribution in [-0.4, -0.2) is 0 Å². The quantitative estimate of drug-likeness (QED) is 0.667. The molecule has 0 radical (unpaired) electrons. The molecule has 0 amide bonds. The Hall–Kier alpha value is -1.08. The number of benzene rings is 1. The monoisotopic (exact) mass is 214 g/mol. The van der Waals surface area contributed by atoms with Crippen molar-refractivity contribution in [2.75, 3.05) is 0 Å². The third-order valence-corrected chi connectivity index (χ3v) is 4.29. The molecule has 76 valence electrons. The number of fused-ring (bicyclic) bond motifs is 1. The molecule has 1 heteroatoms. The smallest absolute Gasteiger partial charge is 0.0371 e. The molecule has 0 bridgehead atoms. The lowest BCUT2D eigenvalue weighted by Crippen LogP contribution is -1.83. The second kappa shape index (κ2) is 3.49. The van der Waals surface area contributed by atoms with Crippen LogP contribution in [0.5, 0.6) is 0 Å². The van der Waals surface area contributed by atoms with E-state index in [9.17, 15) is 0 Å². The van der Waals surface area contributed by atoms with Crippen LogP contribution >= 0.6 is 11.3 Å². The fourth-order valence-electron chi connectivity index (χ4n) is 2.38. The summed E-state index contributed by atoms with van der Waals surface area (Å²) in [5.74, 6) is 0. The standard InChI is InChI=1S/C14H14S/c1-10-7-8-15-14(10)13-6-5-11-3-2-4-12(11)9-13/h5-9H,2-4H2,1H3. The topological polar surface area (TPSA) is 0 Å². The van der Waals surface area contributed by atoms with Crippen LogP contribution in [0.15, 0.2) is 29.6 Å². The van der Waals surface area contributed by atoms with Crippen LogP contribution in [0.2, 0.25) is 0 Å². The van der Waals surface area contributed by atoms with Gasteiger partial charge in [0.2, 0.25) is 0 Å². The van der Waals surface area contributed by atoms with Crippen LogP contribution in [0.4, 0.5) is 0 Å². The average Bonchev–Trinajstić information content (AvgIpc) is 2.84. The normalized spacial score (nSPS) is 14.2. The second-order valence-corrected chi connectivity index (χ2v) is 5.19. The van der Waals surface area contributed by atoms with Crippen molar-refractivity contribution in [1.82, 2.24) is 0 Å². The maximum atomic E-state index is 2.39. The lowest BCUT2D eigenvalue weighted by atomic mass is 10.0. The summed E-state index contributed by atoms with van der Waals surface area (Å²) in [6.07, 6.45) is 3.88. The summed E-state index contributed by atoms with van der Waals surface area (Å²) in [5.41, 5.74) is 5.94. The Balaban J connectivity index is 2.11. The zero-order valence-corrected chi connectivity index (χ0v) is 9.73. The third kappa shape index (κ3) is 1.51. The molecule has 1 aliphatic rings. The fourth-order valence-corrected chi connectivity index (χ4v) is 3.31. The lowest BCUT2D eigenvalue weighted by molar-refractivity contribution is 0.912. The summed E-state index contributed by atoms with van der Waals surface area (Å²) in [6, 6.07) is 9.19.